The minimum Gasteiger partial charge on any atom is -0.508 e. The van der Waals surface area contributed by atoms with Crippen molar-refractivity contribution in [2.45, 2.75) is 20.4 Å². The van der Waals surface area contributed by atoms with Gasteiger partial charge in [-0.1, -0.05) is 29.8 Å². The van der Waals surface area contributed by atoms with E-state index in [4.69, 9.17) is 0 Å². The fourth-order valence-electron chi connectivity index (χ4n) is 2.17. The number of amides is 1. The fraction of sp³-hybridized carbons (Fsp3) is 0.235. The van der Waals surface area contributed by atoms with E-state index in [1.54, 1.807) is 30.1 Å². The van der Waals surface area contributed by atoms with Crippen LogP contribution in [0.5, 0.6) is 5.75 Å². The molecule has 0 fully saturated rings. The van der Waals surface area contributed by atoms with Gasteiger partial charge in [0, 0.05) is 19.2 Å². The Kier molecular flexibility index (Phi) is 4.08. The number of phenols is 1. The molecule has 3 heteroatoms. The van der Waals surface area contributed by atoms with Gasteiger partial charge in [-0.05, 0) is 43.2 Å². The highest BCUT2D eigenvalue weighted by atomic mass is 16.3. The minimum atomic E-state index is -0.00505. The first kappa shape index (κ1) is 14.1. The number of carbonyl (C=O) groups excluding carboxylic acids is 1. The topological polar surface area (TPSA) is 40.5 Å². The van der Waals surface area contributed by atoms with Crippen LogP contribution in [-0.2, 0) is 6.54 Å². The van der Waals surface area contributed by atoms with E-state index in [2.05, 4.69) is 0 Å². The number of rotatable bonds is 3. The number of nitrogens with zero attached hydrogens (tertiary/aromatic N) is 1. The quantitative estimate of drug-likeness (QED) is 0.929. The molecule has 2 aromatic rings. The number of aryl methyl sites for hydroxylation is 2. The Bertz CT molecular complexity index is 635. The van der Waals surface area contributed by atoms with E-state index in [-0.39, 0.29) is 11.7 Å². The number of phenolic OH excluding ortho intramolecular Hbond substituents is 1. The normalized spacial score (nSPS) is 10.3. The fourth-order valence-corrected chi connectivity index (χ4v) is 2.17. The van der Waals surface area contributed by atoms with E-state index in [1.807, 2.05) is 38.1 Å². The molecule has 0 aliphatic heterocycles. The molecule has 0 saturated heterocycles. The van der Waals surface area contributed by atoms with E-state index >= 15 is 0 Å². The van der Waals surface area contributed by atoms with Crippen molar-refractivity contribution in [1.29, 1.82) is 0 Å². The average Bonchev–Trinajstić information content (AvgIpc) is 2.40. The molecule has 0 spiro atoms. The minimum absolute atomic E-state index is 0.00505. The second kappa shape index (κ2) is 5.78. The lowest BCUT2D eigenvalue weighted by Gasteiger charge is -2.19. The largest absolute Gasteiger partial charge is 0.508 e. The van der Waals surface area contributed by atoms with Crippen LogP contribution in [0.2, 0.25) is 0 Å². The lowest BCUT2D eigenvalue weighted by atomic mass is 10.0. The van der Waals surface area contributed by atoms with E-state index in [0.717, 1.165) is 22.3 Å². The smallest absolute Gasteiger partial charge is 0.254 e. The van der Waals surface area contributed by atoms with Gasteiger partial charge in [-0.3, -0.25) is 4.79 Å². The summed E-state index contributed by atoms with van der Waals surface area (Å²) in [4.78, 5) is 14.1. The maximum Gasteiger partial charge on any atom is 0.254 e. The third-order valence-corrected chi connectivity index (χ3v) is 3.30. The molecule has 0 heterocycles. The van der Waals surface area contributed by atoms with Crippen molar-refractivity contribution < 1.29 is 9.90 Å². The molecular formula is C17H19NO2. The Morgan fingerprint density at radius 2 is 1.90 bits per heavy atom. The molecule has 1 amide bonds. The zero-order chi connectivity index (χ0) is 14.7. The lowest BCUT2D eigenvalue weighted by molar-refractivity contribution is 0.0784. The molecular weight excluding hydrogens is 250 g/mol. The summed E-state index contributed by atoms with van der Waals surface area (Å²) in [6.07, 6.45) is 0. The molecule has 104 valence electrons. The summed E-state index contributed by atoms with van der Waals surface area (Å²) in [5, 5.41) is 9.46. The highest BCUT2D eigenvalue weighted by Gasteiger charge is 2.14. The van der Waals surface area contributed by atoms with Crippen molar-refractivity contribution in [1.82, 2.24) is 4.90 Å². The summed E-state index contributed by atoms with van der Waals surface area (Å²) in [5.41, 5.74) is 3.69. The van der Waals surface area contributed by atoms with Crippen LogP contribution in [0.3, 0.4) is 0 Å². The van der Waals surface area contributed by atoms with E-state index in [1.165, 1.54) is 0 Å². The summed E-state index contributed by atoms with van der Waals surface area (Å²) in [7, 11) is 1.77. The van der Waals surface area contributed by atoms with Crippen LogP contribution in [0.25, 0.3) is 0 Å². The number of aromatic hydroxyl groups is 1. The SMILES string of the molecule is Cc1ccc(C)c(C(=O)N(C)Cc2cccc(O)c2)c1. The molecule has 2 aromatic carbocycles. The van der Waals surface area contributed by atoms with Crippen LogP contribution < -0.4 is 0 Å². The van der Waals surface area contributed by atoms with Gasteiger partial charge in [-0.2, -0.15) is 0 Å². The third-order valence-electron chi connectivity index (χ3n) is 3.30. The van der Waals surface area contributed by atoms with Gasteiger partial charge >= 0.3 is 0 Å². The van der Waals surface area contributed by atoms with Crippen LogP contribution in [0.15, 0.2) is 42.5 Å². The molecule has 0 unspecified atom stereocenters. The first-order chi connectivity index (χ1) is 9.47. The van der Waals surface area contributed by atoms with Gasteiger partial charge in [0.2, 0.25) is 0 Å². The molecule has 0 aliphatic carbocycles. The highest BCUT2D eigenvalue weighted by Crippen LogP contribution is 2.16. The summed E-state index contributed by atoms with van der Waals surface area (Å²) in [5.74, 6) is 0.213. The molecule has 2 rings (SSSR count). The van der Waals surface area contributed by atoms with Crippen molar-refractivity contribution in [3.05, 3.63) is 64.7 Å². The van der Waals surface area contributed by atoms with Gasteiger partial charge in [0.15, 0.2) is 0 Å². The first-order valence-corrected chi connectivity index (χ1v) is 6.58. The van der Waals surface area contributed by atoms with E-state index in [0.29, 0.717) is 6.54 Å². The van der Waals surface area contributed by atoms with Crippen LogP contribution in [0.4, 0.5) is 0 Å². The van der Waals surface area contributed by atoms with Crippen LogP contribution in [0.1, 0.15) is 27.0 Å². The predicted molar refractivity (Wildman–Crippen MR) is 79.8 cm³/mol. The Morgan fingerprint density at radius 3 is 2.60 bits per heavy atom. The Labute approximate surface area is 119 Å². The van der Waals surface area contributed by atoms with Gasteiger partial charge in [0.1, 0.15) is 5.75 Å². The highest BCUT2D eigenvalue weighted by molar-refractivity contribution is 5.95. The number of benzene rings is 2. The molecule has 1 N–H and O–H groups in total. The molecule has 0 aliphatic rings. The van der Waals surface area contributed by atoms with Crippen molar-refractivity contribution in [2.75, 3.05) is 7.05 Å². The number of hydrogen-bond acceptors (Lipinski definition) is 2. The standard InChI is InChI=1S/C17H19NO2/c1-12-7-8-13(2)16(9-12)17(20)18(3)11-14-5-4-6-15(19)10-14/h4-10,19H,11H2,1-3H3. The average molecular weight is 269 g/mol. The van der Waals surface area contributed by atoms with Gasteiger partial charge in [-0.25, -0.2) is 0 Å². The van der Waals surface area contributed by atoms with Crippen molar-refractivity contribution in [2.24, 2.45) is 0 Å². The van der Waals surface area contributed by atoms with Crippen molar-refractivity contribution in [3.63, 3.8) is 0 Å². The first-order valence-electron chi connectivity index (χ1n) is 6.58. The van der Waals surface area contributed by atoms with Gasteiger partial charge in [0.05, 0.1) is 0 Å². The van der Waals surface area contributed by atoms with Crippen molar-refractivity contribution in [3.8, 4) is 5.75 Å². The van der Waals surface area contributed by atoms with Gasteiger partial charge < -0.3 is 10.0 Å². The molecule has 0 radical (unpaired) electrons. The number of carbonyl (C=O) groups is 1. The molecule has 0 atom stereocenters. The maximum absolute atomic E-state index is 12.5. The molecule has 3 nitrogen and oxygen atoms in total. The summed E-state index contributed by atoms with van der Waals surface area (Å²) >= 11 is 0. The van der Waals surface area contributed by atoms with E-state index in [9.17, 15) is 9.90 Å². The van der Waals surface area contributed by atoms with Crippen LogP contribution >= 0.6 is 0 Å². The molecule has 0 saturated carbocycles. The second-order valence-electron chi connectivity index (χ2n) is 5.15. The molecule has 0 bridgehead atoms. The maximum atomic E-state index is 12.5. The zero-order valence-corrected chi connectivity index (χ0v) is 12.1. The second-order valence-corrected chi connectivity index (χ2v) is 5.15. The number of hydrogen-bond donors (Lipinski definition) is 1. The predicted octanol–water partition coefficient (Wildman–Crippen LogP) is 3.28. The lowest BCUT2D eigenvalue weighted by Crippen LogP contribution is -2.26. The monoisotopic (exact) mass is 269 g/mol. The zero-order valence-electron chi connectivity index (χ0n) is 12.1. The van der Waals surface area contributed by atoms with Crippen molar-refractivity contribution >= 4 is 5.91 Å². The van der Waals surface area contributed by atoms with Gasteiger partial charge in [0.25, 0.3) is 5.91 Å². The summed E-state index contributed by atoms with van der Waals surface area (Å²) in [6, 6.07) is 12.8. The van der Waals surface area contributed by atoms with Crippen LogP contribution in [0, 0.1) is 13.8 Å². The Hall–Kier alpha value is -2.29. The van der Waals surface area contributed by atoms with Gasteiger partial charge in [-0.15, -0.1) is 0 Å². The Morgan fingerprint density at radius 1 is 1.15 bits per heavy atom. The summed E-state index contributed by atoms with van der Waals surface area (Å²) < 4.78 is 0. The third kappa shape index (κ3) is 3.18. The molecule has 0 aromatic heterocycles. The Balaban J connectivity index is 2.18. The molecule has 20 heavy (non-hydrogen) atoms. The summed E-state index contributed by atoms with van der Waals surface area (Å²) in [6.45, 7) is 4.39. The van der Waals surface area contributed by atoms with Crippen LogP contribution in [-0.4, -0.2) is 23.0 Å². The van der Waals surface area contributed by atoms with E-state index < -0.39 is 0 Å².